The van der Waals surface area contributed by atoms with E-state index in [1.807, 2.05) is 37.4 Å². The highest BCUT2D eigenvalue weighted by Gasteiger charge is 2.05. The van der Waals surface area contributed by atoms with Gasteiger partial charge >= 0.3 is 0 Å². The quantitative estimate of drug-likeness (QED) is 0.638. The van der Waals surface area contributed by atoms with Crippen molar-refractivity contribution in [3.05, 3.63) is 54.1 Å². The molecule has 2 rings (SSSR count). The van der Waals surface area contributed by atoms with Crippen molar-refractivity contribution in [1.29, 1.82) is 0 Å². The highest BCUT2D eigenvalue weighted by Crippen LogP contribution is 2.27. The first-order valence-electron chi connectivity index (χ1n) is 5.59. The van der Waals surface area contributed by atoms with Crippen molar-refractivity contribution in [3.8, 4) is 0 Å². The van der Waals surface area contributed by atoms with Crippen LogP contribution in [0.15, 0.2) is 43.0 Å². The zero-order chi connectivity index (χ0) is 12.3. The fraction of sp³-hybridized carbons (Fsp3) is 0.133. The molecule has 0 bridgehead atoms. The highest BCUT2D eigenvalue weighted by molar-refractivity contribution is 6.04. The molecular weight excluding hydrogens is 210 g/mol. The van der Waals surface area contributed by atoms with Crippen LogP contribution in [0.2, 0.25) is 0 Å². The van der Waals surface area contributed by atoms with E-state index in [-0.39, 0.29) is 0 Å². The Hall–Kier alpha value is -2.09. The second-order valence-electron chi connectivity index (χ2n) is 3.94. The summed E-state index contributed by atoms with van der Waals surface area (Å²) >= 11 is 0. The van der Waals surface area contributed by atoms with Crippen molar-refractivity contribution < 1.29 is 4.79 Å². The Morgan fingerprint density at radius 3 is 2.71 bits per heavy atom. The molecule has 0 atom stereocenters. The molecule has 0 saturated carbocycles. The molecule has 0 amide bonds. The summed E-state index contributed by atoms with van der Waals surface area (Å²) in [5, 5.41) is 5.21. The lowest BCUT2D eigenvalue weighted by Crippen LogP contribution is -1.93. The number of fused-ring (bicyclic) bond motifs is 1. The second kappa shape index (κ2) is 4.83. The van der Waals surface area contributed by atoms with Crippen molar-refractivity contribution in [2.24, 2.45) is 0 Å². The van der Waals surface area contributed by atoms with Crippen LogP contribution in [-0.2, 0) is 6.42 Å². The van der Waals surface area contributed by atoms with Crippen molar-refractivity contribution in [3.63, 3.8) is 0 Å². The van der Waals surface area contributed by atoms with Gasteiger partial charge in [0.2, 0.25) is 0 Å². The Kier molecular flexibility index (Phi) is 3.24. The van der Waals surface area contributed by atoms with Crippen LogP contribution in [0.1, 0.15) is 15.9 Å². The van der Waals surface area contributed by atoms with Crippen LogP contribution in [0.5, 0.6) is 0 Å². The van der Waals surface area contributed by atoms with Gasteiger partial charge in [-0.15, -0.1) is 6.58 Å². The number of nitrogens with one attached hydrogen (secondary N) is 1. The molecule has 0 aromatic heterocycles. The molecule has 0 heterocycles. The Morgan fingerprint density at radius 2 is 2.06 bits per heavy atom. The van der Waals surface area contributed by atoms with E-state index in [1.54, 1.807) is 0 Å². The van der Waals surface area contributed by atoms with Crippen molar-refractivity contribution in [2.75, 3.05) is 12.4 Å². The molecule has 86 valence electrons. The van der Waals surface area contributed by atoms with E-state index in [4.69, 9.17) is 0 Å². The molecule has 0 radical (unpaired) electrons. The smallest absolute Gasteiger partial charge is 0.150 e. The molecule has 0 unspecified atom stereocenters. The van der Waals surface area contributed by atoms with Gasteiger partial charge < -0.3 is 5.32 Å². The van der Waals surface area contributed by atoms with E-state index >= 15 is 0 Å². The van der Waals surface area contributed by atoms with Gasteiger partial charge in [-0.2, -0.15) is 0 Å². The number of aldehydes is 1. The average molecular weight is 225 g/mol. The molecular formula is C15H15NO. The summed E-state index contributed by atoms with van der Waals surface area (Å²) in [5.74, 6) is 0. The van der Waals surface area contributed by atoms with E-state index in [0.29, 0.717) is 0 Å². The maximum Gasteiger partial charge on any atom is 0.150 e. The minimum Gasteiger partial charge on any atom is -0.388 e. The maximum absolute atomic E-state index is 11.0. The van der Waals surface area contributed by atoms with Gasteiger partial charge in [0.25, 0.3) is 0 Å². The summed E-state index contributed by atoms with van der Waals surface area (Å²) < 4.78 is 0. The molecule has 0 aliphatic rings. The first-order chi connectivity index (χ1) is 8.30. The van der Waals surface area contributed by atoms with Gasteiger partial charge in [0.05, 0.1) is 0 Å². The summed E-state index contributed by atoms with van der Waals surface area (Å²) in [6.45, 7) is 3.74. The van der Waals surface area contributed by atoms with Gasteiger partial charge in [0, 0.05) is 23.7 Å². The van der Waals surface area contributed by atoms with Crippen LogP contribution in [-0.4, -0.2) is 13.3 Å². The summed E-state index contributed by atoms with van der Waals surface area (Å²) in [5.41, 5.74) is 2.97. The average Bonchev–Trinajstić information content (AvgIpc) is 2.37. The van der Waals surface area contributed by atoms with Gasteiger partial charge in [0.15, 0.2) is 6.29 Å². The number of allylic oxidation sites excluding steroid dienone is 1. The normalized spacial score (nSPS) is 10.2. The molecule has 0 spiro atoms. The SMILES string of the molecule is C=CCc1ccc2c(C=O)ccc(NC)c2c1. The lowest BCUT2D eigenvalue weighted by atomic mass is 10.00. The molecule has 1 N–H and O–H groups in total. The minimum absolute atomic E-state index is 0.726. The van der Waals surface area contributed by atoms with Crippen LogP contribution in [0.3, 0.4) is 0 Å². The standard InChI is InChI=1S/C15H15NO/c1-3-4-11-5-7-13-12(10-17)6-8-15(16-2)14(13)9-11/h3,5-10,16H,1,4H2,2H3. The van der Waals surface area contributed by atoms with Crippen LogP contribution in [0.4, 0.5) is 5.69 Å². The van der Waals surface area contributed by atoms with E-state index in [1.165, 1.54) is 5.56 Å². The summed E-state index contributed by atoms with van der Waals surface area (Å²) in [6, 6.07) is 9.92. The number of carbonyl (C=O) groups excluding carboxylic acids is 1. The topological polar surface area (TPSA) is 29.1 Å². The number of benzene rings is 2. The molecule has 17 heavy (non-hydrogen) atoms. The van der Waals surface area contributed by atoms with E-state index in [9.17, 15) is 4.79 Å². The number of rotatable bonds is 4. The molecule has 0 aliphatic heterocycles. The Bertz CT molecular complexity index is 572. The number of carbonyl (C=O) groups is 1. The van der Waals surface area contributed by atoms with Crippen LogP contribution < -0.4 is 5.32 Å². The number of anilines is 1. The largest absolute Gasteiger partial charge is 0.388 e. The Labute approximate surface area is 101 Å². The first kappa shape index (κ1) is 11.4. The maximum atomic E-state index is 11.0. The molecule has 0 aliphatic carbocycles. The third kappa shape index (κ3) is 2.07. The van der Waals surface area contributed by atoms with Crippen LogP contribution in [0, 0.1) is 0 Å². The van der Waals surface area contributed by atoms with Crippen LogP contribution in [0.25, 0.3) is 10.8 Å². The van der Waals surface area contributed by atoms with Crippen molar-refractivity contribution in [2.45, 2.75) is 6.42 Å². The molecule has 2 heteroatoms. The molecule has 2 aromatic rings. The molecule has 0 saturated heterocycles. The Balaban J connectivity index is 2.72. The van der Waals surface area contributed by atoms with Crippen LogP contribution >= 0.6 is 0 Å². The highest BCUT2D eigenvalue weighted by atomic mass is 16.1. The lowest BCUT2D eigenvalue weighted by molar-refractivity contribution is 0.112. The summed E-state index contributed by atoms with van der Waals surface area (Å²) in [4.78, 5) is 11.0. The minimum atomic E-state index is 0.726. The summed E-state index contributed by atoms with van der Waals surface area (Å²) in [7, 11) is 1.88. The predicted octanol–water partition coefficient (Wildman–Crippen LogP) is 3.42. The van der Waals surface area contributed by atoms with Gasteiger partial charge in [0.1, 0.15) is 0 Å². The van der Waals surface area contributed by atoms with Gasteiger partial charge in [-0.05, 0) is 35.6 Å². The monoisotopic (exact) mass is 225 g/mol. The van der Waals surface area contributed by atoms with E-state index in [2.05, 4.69) is 18.0 Å². The fourth-order valence-electron chi connectivity index (χ4n) is 2.03. The van der Waals surface area contributed by atoms with Gasteiger partial charge in [-0.25, -0.2) is 0 Å². The third-order valence-corrected chi connectivity index (χ3v) is 2.89. The summed E-state index contributed by atoms with van der Waals surface area (Å²) in [6.07, 6.45) is 3.61. The third-order valence-electron chi connectivity index (χ3n) is 2.89. The number of hydrogen-bond donors (Lipinski definition) is 1. The van der Waals surface area contributed by atoms with Crippen molar-refractivity contribution >= 4 is 22.7 Å². The molecule has 2 nitrogen and oxygen atoms in total. The lowest BCUT2D eigenvalue weighted by Gasteiger charge is -2.09. The number of hydrogen-bond acceptors (Lipinski definition) is 2. The predicted molar refractivity (Wildman–Crippen MR) is 72.8 cm³/mol. The van der Waals surface area contributed by atoms with E-state index in [0.717, 1.165) is 34.7 Å². The van der Waals surface area contributed by atoms with Gasteiger partial charge in [-0.3, -0.25) is 4.79 Å². The van der Waals surface area contributed by atoms with E-state index < -0.39 is 0 Å². The fourth-order valence-corrected chi connectivity index (χ4v) is 2.03. The first-order valence-corrected chi connectivity index (χ1v) is 5.59. The molecule has 2 aromatic carbocycles. The van der Waals surface area contributed by atoms with Gasteiger partial charge in [-0.1, -0.05) is 18.2 Å². The van der Waals surface area contributed by atoms with Crippen molar-refractivity contribution in [1.82, 2.24) is 0 Å². The zero-order valence-electron chi connectivity index (χ0n) is 9.86. The second-order valence-corrected chi connectivity index (χ2v) is 3.94. The molecule has 0 fully saturated rings. The zero-order valence-corrected chi connectivity index (χ0v) is 9.86. The Morgan fingerprint density at radius 1 is 1.24 bits per heavy atom.